The lowest BCUT2D eigenvalue weighted by Crippen LogP contribution is -2.65. The molecule has 0 spiro atoms. The molecule has 1 N–H and O–H groups in total. The van der Waals surface area contributed by atoms with Crippen LogP contribution in [-0.4, -0.2) is 47.7 Å². The Hall–Kier alpha value is -2.53. The van der Waals surface area contributed by atoms with Crippen LogP contribution in [0.5, 0.6) is 0 Å². The molecule has 5 heteroatoms. The number of carboxylic acid groups (broad SMARTS) is 1. The number of hydrogen-bond donors (Lipinski definition) is 1. The standard InChI is InChI=1S/C44H63NO4/c1-28(2)32-18-23-44(37(47)11-10-26-45(9)27-29(3)46)25-24-42(7)34(38(32)44)16-17-36-41(6)21-19-33(30-12-14-31(15-13-30)39(48)49)40(4,5)35(41)20-22-43(36,42)8/h12-15,19,32,34-36,38H,1,10-11,16-18,20-27H2,2-9H3,(H,48,49)/t32-,34+,35-,36+,38+,41-,42+,43+,44+/m0/s1. The number of rotatable bonds is 10. The molecule has 5 nitrogen and oxygen atoms in total. The predicted molar refractivity (Wildman–Crippen MR) is 198 cm³/mol. The van der Waals surface area contributed by atoms with Gasteiger partial charge in [-0.15, -0.1) is 0 Å². The van der Waals surface area contributed by atoms with E-state index in [1.165, 1.54) is 36.8 Å². The average Bonchev–Trinajstić information content (AvgIpc) is 3.42. The summed E-state index contributed by atoms with van der Waals surface area (Å²) in [5, 5.41) is 9.48. The number of fused-ring (bicyclic) bond motifs is 7. The largest absolute Gasteiger partial charge is 0.478 e. The third-order valence-electron chi connectivity index (χ3n) is 16.1. The van der Waals surface area contributed by atoms with E-state index in [2.05, 4.69) is 59.1 Å². The monoisotopic (exact) mass is 669 g/mol. The van der Waals surface area contributed by atoms with E-state index in [1.807, 2.05) is 19.2 Å². The fourth-order valence-corrected chi connectivity index (χ4v) is 13.7. The summed E-state index contributed by atoms with van der Waals surface area (Å²) in [7, 11) is 1.99. The van der Waals surface area contributed by atoms with E-state index in [0.717, 1.165) is 50.6 Å². The maximum absolute atomic E-state index is 14.5. The highest BCUT2D eigenvalue weighted by atomic mass is 16.4. The summed E-state index contributed by atoms with van der Waals surface area (Å²) in [6.07, 6.45) is 14.2. The van der Waals surface area contributed by atoms with Crippen molar-refractivity contribution in [1.82, 2.24) is 4.90 Å². The van der Waals surface area contributed by atoms with Crippen LogP contribution < -0.4 is 0 Å². The normalized spacial score (nSPS) is 39.2. The summed E-state index contributed by atoms with van der Waals surface area (Å²) in [5.41, 5.74) is 4.49. The number of benzene rings is 1. The first-order chi connectivity index (χ1) is 22.9. The zero-order valence-corrected chi connectivity index (χ0v) is 31.8. The first-order valence-electron chi connectivity index (χ1n) is 19.3. The molecule has 0 aromatic heterocycles. The van der Waals surface area contributed by atoms with Crippen molar-refractivity contribution < 1.29 is 19.5 Å². The smallest absolute Gasteiger partial charge is 0.335 e. The van der Waals surface area contributed by atoms with E-state index in [1.54, 1.807) is 19.1 Å². The Labute approximate surface area is 296 Å². The molecule has 49 heavy (non-hydrogen) atoms. The van der Waals surface area contributed by atoms with Crippen molar-refractivity contribution in [3.05, 3.63) is 53.6 Å². The molecule has 0 radical (unpaired) electrons. The minimum Gasteiger partial charge on any atom is -0.478 e. The Morgan fingerprint density at radius 1 is 0.878 bits per heavy atom. The van der Waals surface area contributed by atoms with Gasteiger partial charge in [-0.1, -0.05) is 65.0 Å². The van der Waals surface area contributed by atoms with E-state index in [-0.39, 0.29) is 32.9 Å². The van der Waals surface area contributed by atoms with Crippen molar-refractivity contribution in [1.29, 1.82) is 0 Å². The second kappa shape index (κ2) is 12.6. The topological polar surface area (TPSA) is 74.7 Å². The van der Waals surface area contributed by atoms with Crippen molar-refractivity contribution in [3.8, 4) is 0 Å². The van der Waals surface area contributed by atoms with Crippen molar-refractivity contribution in [2.24, 2.45) is 56.7 Å². The summed E-state index contributed by atoms with van der Waals surface area (Å²) in [5.74, 6) is 2.31. The van der Waals surface area contributed by atoms with Gasteiger partial charge in [-0.25, -0.2) is 4.79 Å². The molecular formula is C44H63NO4. The van der Waals surface area contributed by atoms with Crippen molar-refractivity contribution in [3.63, 3.8) is 0 Å². The average molecular weight is 670 g/mol. The number of allylic oxidation sites excluding steroid dienone is 3. The predicted octanol–water partition coefficient (Wildman–Crippen LogP) is 9.91. The molecule has 6 rings (SSSR count). The Bertz CT molecular complexity index is 1540. The first kappa shape index (κ1) is 36.3. The van der Waals surface area contributed by atoms with Gasteiger partial charge in [0.25, 0.3) is 0 Å². The lowest BCUT2D eigenvalue weighted by molar-refractivity contribution is -0.224. The molecule has 9 atom stereocenters. The zero-order chi connectivity index (χ0) is 35.7. The van der Waals surface area contributed by atoms with E-state index in [9.17, 15) is 19.5 Å². The number of carbonyl (C=O) groups excluding carboxylic acids is 2. The lowest BCUT2D eigenvalue weighted by atomic mass is 9.32. The van der Waals surface area contributed by atoms with Crippen molar-refractivity contribution >= 4 is 23.1 Å². The number of nitrogens with zero attached hydrogens (tertiary/aromatic N) is 1. The SMILES string of the molecule is C=C(C)[C@@H]1CC[C@]2(C(=O)CCCN(C)CC(C)=O)CC[C@]3(C)[C@H](CC[C@@H]4[C@@]5(C)CC=C(c6ccc(C(=O)O)cc6)C(C)(C)[C@@H]5CC[C@]43C)[C@@H]12. The molecular weight excluding hydrogens is 606 g/mol. The van der Waals surface area contributed by atoms with Gasteiger partial charge in [0.15, 0.2) is 0 Å². The second-order valence-electron chi connectivity index (χ2n) is 18.7. The van der Waals surface area contributed by atoms with Gasteiger partial charge in [-0.2, -0.15) is 0 Å². The Morgan fingerprint density at radius 3 is 2.20 bits per heavy atom. The molecule has 5 aliphatic rings. The molecule has 0 amide bonds. The molecule has 0 bridgehead atoms. The van der Waals surface area contributed by atoms with Gasteiger partial charge in [0, 0.05) is 11.8 Å². The Balaban J connectivity index is 1.29. The van der Waals surface area contributed by atoms with E-state index in [4.69, 9.17) is 0 Å². The van der Waals surface area contributed by atoms with Crippen LogP contribution in [-0.2, 0) is 9.59 Å². The molecule has 1 aromatic rings. The number of hydrogen-bond acceptors (Lipinski definition) is 4. The van der Waals surface area contributed by atoms with Crippen LogP contribution in [0.3, 0.4) is 0 Å². The van der Waals surface area contributed by atoms with Crippen LogP contribution in [0, 0.1) is 56.7 Å². The lowest BCUT2D eigenvalue weighted by Gasteiger charge is -2.72. The van der Waals surface area contributed by atoms with Crippen LogP contribution >= 0.6 is 0 Å². The molecule has 268 valence electrons. The number of Topliss-reactive ketones (excluding diaryl/α,β-unsaturated/α-hetero) is 2. The van der Waals surface area contributed by atoms with Crippen molar-refractivity contribution in [2.75, 3.05) is 20.1 Å². The van der Waals surface area contributed by atoms with Gasteiger partial charge in [-0.05, 0) is 166 Å². The molecule has 0 unspecified atom stereocenters. The van der Waals surface area contributed by atoms with E-state index in [0.29, 0.717) is 53.9 Å². The molecule has 0 heterocycles. The van der Waals surface area contributed by atoms with Crippen LogP contribution in [0.2, 0.25) is 0 Å². The van der Waals surface area contributed by atoms with Crippen LogP contribution in [0.15, 0.2) is 42.5 Å². The third kappa shape index (κ3) is 5.55. The second-order valence-corrected chi connectivity index (χ2v) is 18.7. The highest BCUT2D eigenvalue weighted by Gasteiger charge is 2.71. The van der Waals surface area contributed by atoms with Crippen molar-refractivity contribution in [2.45, 2.75) is 119 Å². The number of aromatic carboxylic acids is 1. The third-order valence-corrected chi connectivity index (χ3v) is 16.1. The number of ketones is 2. The molecule has 4 fully saturated rings. The number of carboxylic acids is 1. The summed E-state index contributed by atoms with van der Waals surface area (Å²) in [6.45, 7) is 22.4. The minimum absolute atomic E-state index is 0.0139. The van der Waals surface area contributed by atoms with Crippen LogP contribution in [0.1, 0.15) is 135 Å². The maximum atomic E-state index is 14.5. The van der Waals surface area contributed by atoms with Gasteiger partial charge in [0.1, 0.15) is 11.6 Å². The van der Waals surface area contributed by atoms with Gasteiger partial charge in [0.2, 0.25) is 0 Å². The number of likely N-dealkylation sites (N-methyl/N-ethyl adjacent to an activating group) is 1. The molecule has 0 aliphatic heterocycles. The molecule has 4 saturated carbocycles. The molecule has 0 saturated heterocycles. The van der Waals surface area contributed by atoms with E-state index >= 15 is 0 Å². The Morgan fingerprint density at radius 2 is 1.57 bits per heavy atom. The zero-order valence-electron chi connectivity index (χ0n) is 31.8. The highest BCUT2D eigenvalue weighted by molar-refractivity contribution is 5.88. The van der Waals surface area contributed by atoms with E-state index < -0.39 is 5.97 Å². The number of carbonyl (C=O) groups is 3. The Kier molecular flexibility index (Phi) is 9.33. The molecule has 5 aliphatic carbocycles. The summed E-state index contributed by atoms with van der Waals surface area (Å²) < 4.78 is 0. The fraction of sp³-hybridized carbons (Fsp3) is 0.705. The van der Waals surface area contributed by atoms with Crippen LogP contribution in [0.4, 0.5) is 0 Å². The molecule has 1 aromatic carbocycles. The van der Waals surface area contributed by atoms with Gasteiger partial charge in [-0.3, -0.25) is 14.5 Å². The minimum atomic E-state index is -0.878. The van der Waals surface area contributed by atoms with Gasteiger partial charge < -0.3 is 5.11 Å². The van der Waals surface area contributed by atoms with Gasteiger partial charge >= 0.3 is 5.97 Å². The summed E-state index contributed by atoms with van der Waals surface area (Å²) >= 11 is 0. The fourth-order valence-electron chi connectivity index (χ4n) is 13.7. The van der Waals surface area contributed by atoms with Crippen LogP contribution in [0.25, 0.3) is 5.57 Å². The summed E-state index contributed by atoms with van der Waals surface area (Å²) in [6, 6.07) is 7.53. The first-order valence-corrected chi connectivity index (χ1v) is 19.3. The maximum Gasteiger partial charge on any atom is 0.335 e. The summed E-state index contributed by atoms with van der Waals surface area (Å²) in [4.78, 5) is 39.7. The highest BCUT2D eigenvalue weighted by Crippen LogP contribution is 2.78. The quantitative estimate of drug-likeness (QED) is 0.251. The van der Waals surface area contributed by atoms with Gasteiger partial charge in [0.05, 0.1) is 12.1 Å².